The van der Waals surface area contributed by atoms with Crippen molar-refractivity contribution in [3.8, 4) is 11.5 Å². The van der Waals surface area contributed by atoms with Crippen LogP contribution in [0.5, 0.6) is 11.5 Å². The SMILES string of the molecule is CCOc1cc(CN2CCC(n3c(C)nc4cc(C(=O)O)ccc43)CC2)cc(OCC)c1. The van der Waals surface area contributed by atoms with Crippen molar-refractivity contribution in [3.63, 3.8) is 0 Å². The Kier molecular flexibility index (Phi) is 6.65. The fraction of sp³-hybridized carbons (Fsp3) is 0.440. The number of rotatable bonds is 8. The predicted octanol–water partition coefficient (Wildman–Crippen LogP) is 4.68. The fourth-order valence-corrected chi connectivity index (χ4v) is 4.63. The topological polar surface area (TPSA) is 76.8 Å². The number of benzene rings is 2. The minimum absolute atomic E-state index is 0.276. The van der Waals surface area contributed by atoms with Crippen molar-refractivity contribution in [1.82, 2.24) is 14.5 Å². The summed E-state index contributed by atoms with van der Waals surface area (Å²) in [6, 6.07) is 11.7. The summed E-state index contributed by atoms with van der Waals surface area (Å²) in [5.41, 5.74) is 3.23. The van der Waals surface area contributed by atoms with Gasteiger partial charge in [0.05, 0.1) is 29.8 Å². The highest BCUT2D eigenvalue weighted by molar-refractivity contribution is 5.92. The average molecular weight is 438 g/mol. The van der Waals surface area contributed by atoms with Crippen molar-refractivity contribution < 1.29 is 19.4 Å². The Morgan fingerprint density at radius 3 is 2.31 bits per heavy atom. The molecule has 3 aromatic rings. The van der Waals surface area contributed by atoms with Gasteiger partial charge < -0.3 is 19.1 Å². The van der Waals surface area contributed by atoms with Crippen LogP contribution in [0.15, 0.2) is 36.4 Å². The third kappa shape index (κ3) is 4.72. The number of fused-ring (bicyclic) bond motifs is 1. The van der Waals surface area contributed by atoms with Crippen molar-refractivity contribution in [2.24, 2.45) is 0 Å². The summed E-state index contributed by atoms with van der Waals surface area (Å²) >= 11 is 0. The van der Waals surface area contributed by atoms with Gasteiger partial charge in [0.2, 0.25) is 0 Å². The molecule has 2 heterocycles. The number of imidazole rings is 1. The monoisotopic (exact) mass is 437 g/mol. The Morgan fingerprint density at radius 2 is 1.72 bits per heavy atom. The van der Waals surface area contributed by atoms with Crippen LogP contribution < -0.4 is 9.47 Å². The quantitative estimate of drug-likeness (QED) is 0.552. The minimum atomic E-state index is -0.923. The summed E-state index contributed by atoms with van der Waals surface area (Å²) in [5.74, 6) is 1.72. The zero-order valence-corrected chi connectivity index (χ0v) is 19.0. The molecular formula is C25H31N3O4. The smallest absolute Gasteiger partial charge is 0.335 e. The molecule has 7 heteroatoms. The first-order chi connectivity index (χ1) is 15.5. The fourth-order valence-electron chi connectivity index (χ4n) is 4.63. The zero-order valence-electron chi connectivity index (χ0n) is 19.0. The first-order valence-corrected chi connectivity index (χ1v) is 11.3. The molecule has 0 atom stereocenters. The number of carbonyl (C=O) groups is 1. The van der Waals surface area contributed by atoms with E-state index in [1.54, 1.807) is 12.1 Å². The first-order valence-electron chi connectivity index (χ1n) is 11.3. The van der Waals surface area contributed by atoms with Gasteiger partial charge in [0.1, 0.15) is 17.3 Å². The molecule has 1 saturated heterocycles. The summed E-state index contributed by atoms with van der Waals surface area (Å²) in [6.45, 7) is 10.1. The zero-order chi connectivity index (χ0) is 22.7. The molecule has 0 saturated carbocycles. The predicted molar refractivity (Wildman–Crippen MR) is 124 cm³/mol. The van der Waals surface area contributed by atoms with Gasteiger partial charge in [-0.3, -0.25) is 4.90 Å². The van der Waals surface area contributed by atoms with E-state index in [4.69, 9.17) is 9.47 Å². The van der Waals surface area contributed by atoms with Crippen molar-refractivity contribution in [2.75, 3.05) is 26.3 Å². The summed E-state index contributed by atoms with van der Waals surface area (Å²) in [5, 5.41) is 9.26. The van der Waals surface area contributed by atoms with E-state index < -0.39 is 5.97 Å². The number of piperidine rings is 1. The first kappa shape index (κ1) is 22.1. The van der Waals surface area contributed by atoms with Crippen LogP contribution in [0.3, 0.4) is 0 Å². The molecule has 0 bridgehead atoms. The largest absolute Gasteiger partial charge is 0.494 e. The lowest BCUT2D eigenvalue weighted by atomic mass is 10.0. The Morgan fingerprint density at radius 1 is 1.06 bits per heavy atom. The number of likely N-dealkylation sites (tertiary alicyclic amines) is 1. The van der Waals surface area contributed by atoms with Crippen molar-refractivity contribution in [2.45, 2.75) is 46.2 Å². The van der Waals surface area contributed by atoms with E-state index in [-0.39, 0.29) is 5.56 Å². The Bertz CT molecular complexity index is 1080. The van der Waals surface area contributed by atoms with Crippen LogP contribution in [0.1, 0.15) is 54.5 Å². The van der Waals surface area contributed by atoms with Crippen LogP contribution in [-0.2, 0) is 6.54 Å². The summed E-state index contributed by atoms with van der Waals surface area (Å²) < 4.78 is 13.7. The van der Waals surface area contributed by atoms with Gasteiger partial charge in [0.15, 0.2) is 0 Å². The van der Waals surface area contributed by atoms with Gasteiger partial charge in [-0.2, -0.15) is 0 Å². The number of aryl methyl sites for hydroxylation is 1. The minimum Gasteiger partial charge on any atom is -0.494 e. The van der Waals surface area contributed by atoms with Crippen molar-refractivity contribution in [3.05, 3.63) is 53.3 Å². The van der Waals surface area contributed by atoms with Gasteiger partial charge in [-0.05, 0) is 69.5 Å². The second-order valence-electron chi connectivity index (χ2n) is 8.22. The van der Waals surface area contributed by atoms with Crippen molar-refractivity contribution >= 4 is 17.0 Å². The van der Waals surface area contributed by atoms with Gasteiger partial charge >= 0.3 is 5.97 Å². The molecular weight excluding hydrogens is 406 g/mol. The maximum absolute atomic E-state index is 11.3. The summed E-state index contributed by atoms with van der Waals surface area (Å²) in [4.78, 5) is 18.4. The number of aromatic carboxylic acids is 1. The van der Waals surface area contributed by atoms with Gasteiger partial charge in [0.25, 0.3) is 0 Å². The Labute approximate surface area is 188 Å². The lowest BCUT2D eigenvalue weighted by Gasteiger charge is -2.33. The number of hydrogen-bond donors (Lipinski definition) is 1. The van der Waals surface area contributed by atoms with Crippen LogP contribution in [0.2, 0.25) is 0 Å². The number of carboxylic acids is 1. The highest BCUT2D eigenvalue weighted by Gasteiger charge is 2.24. The van der Waals surface area contributed by atoms with E-state index in [0.717, 1.165) is 60.8 Å². The highest BCUT2D eigenvalue weighted by Crippen LogP contribution is 2.31. The van der Waals surface area contributed by atoms with Crippen LogP contribution >= 0.6 is 0 Å². The summed E-state index contributed by atoms with van der Waals surface area (Å²) in [6.07, 6.45) is 2.05. The molecule has 0 aliphatic carbocycles. The lowest BCUT2D eigenvalue weighted by Crippen LogP contribution is -2.34. The number of hydrogen-bond acceptors (Lipinski definition) is 5. The number of ether oxygens (including phenoxy) is 2. The maximum Gasteiger partial charge on any atom is 0.335 e. The molecule has 0 radical (unpaired) electrons. The molecule has 1 fully saturated rings. The molecule has 0 unspecified atom stereocenters. The van der Waals surface area contributed by atoms with E-state index in [9.17, 15) is 9.90 Å². The molecule has 1 N–H and O–H groups in total. The van der Waals surface area contributed by atoms with Gasteiger partial charge in [-0.25, -0.2) is 9.78 Å². The second-order valence-corrected chi connectivity index (χ2v) is 8.22. The van der Waals surface area contributed by atoms with Gasteiger partial charge in [0, 0.05) is 31.7 Å². The third-order valence-corrected chi connectivity index (χ3v) is 6.00. The molecule has 4 rings (SSSR count). The van der Waals surface area contributed by atoms with E-state index in [1.165, 1.54) is 5.56 Å². The van der Waals surface area contributed by atoms with E-state index in [1.807, 2.05) is 32.9 Å². The molecule has 170 valence electrons. The van der Waals surface area contributed by atoms with E-state index in [0.29, 0.717) is 19.3 Å². The third-order valence-electron chi connectivity index (χ3n) is 6.00. The molecule has 7 nitrogen and oxygen atoms in total. The van der Waals surface area contributed by atoms with Gasteiger partial charge in [-0.15, -0.1) is 0 Å². The molecule has 1 aliphatic heterocycles. The number of nitrogens with zero attached hydrogens (tertiary/aromatic N) is 3. The van der Waals surface area contributed by atoms with E-state index >= 15 is 0 Å². The van der Waals surface area contributed by atoms with Crippen molar-refractivity contribution in [1.29, 1.82) is 0 Å². The second kappa shape index (κ2) is 9.61. The lowest BCUT2D eigenvalue weighted by molar-refractivity contribution is 0.0697. The average Bonchev–Trinajstić information content (AvgIpc) is 3.09. The standard InChI is InChI=1S/C25H31N3O4/c1-4-31-21-12-18(13-22(15-21)32-5-2)16-27-10-8-20(9-11-27)28-17(3)26-23-14-19(25(29)30)6-7-24(23)28/h6-7,12-15,20H,4-5,8-11,16H2,1-3H3,(H,29,30). The molecule has 2 aromatic carbocycles. The van der Waals surface area contributed by atoms with Crippen LogP contribution in [0, 0.1) is 6.92 Å². The van der Waals surface area contributed by atoms with Crippen LogP contribution in [0.25, 0.3) is 11.0 Å². The highest BCUT2D eigenvalue weighted by atomic mass is 16.5. The van der Waals surface area contributed by atoms with Gasteiger partial charge in [-0.1, -0.05) is 0 Å². The van der Waals surface area contributed by atoms with E-state index in [2.05, 4.69) is 26.6 Å². The maximum atomic E-state index is 11.3. The number of carboxylic acid groups (broad SMARTS) is 1. The molecule has 1 aliphatic rings. The van der Waals surface area contributed by atoms with Crippen LogP contribution in [0.4, 0.5) is 0 Å². The normalized spacial score (nSPS) is 15.2. The molecule has 1 aromatic heterocycles. The molecule has 0 spiro atoms. The Hall–Kier alpha value is -3.06. The molecule has 0 amide bonds. The summed E-state index contributed by atoms with van der Waals surface area (Å²) in [7, 11) is 0. The molecule has 32 heavy (non-hydrogen) atoms. The number of aromatic nitrogens is 2. The Balaban J connectivity index is 1.46. The van der Waals surface area contributed by atoms with Crippen LogP contribution in [-0.4, -0.2) is 51.8 Å².